The Bertz CT molecular complexity index is 423. The molecule has 7 heteroatoms. The molecule has 1 rings (SSSR count). The van der Waals surface area contributed by atoms with E-state index in [4.69, 9.17) is 9.84 Å². The van der Waals surface area contributed by atoms with E-state index in [1.54, 1.807) is 0 Å². The van der Waals surface area contributed by atoms with E-state index >= 15 is 0 Å². The average molecular weight is 264 g/mol. The topological polar surface area (TPSA) is 55.8 Å². The molecule has 0 saturated heterocycles. The third-order valence-electron chi connectivity index (χ3n) is 1.95. The molecule has 1 aromatic rings. The summed E-state index contributed by atoms with van der Waals surface area (Å²) in [5.41, 5.74) is -1.47. The van der Waals surface area contributed by atoms with Gasteiger partial charge in [-0.15, -0.1) is 13.2 Å². The molecule has 0 amide bonds. The van der Waals surface area contributed by atoms with Gasteiger partial charge in [-0.3, -0.25) is 0 Å². The van der Waals surface area contributed by atoms with Crippen molar-refractivity contribution < 1.29 is 32.5 Å². The Balaban J connectivity index is 2.75. The van der Waals surface area contributed by atoms with Gasteiger partial charge in [0, 0.05) is 0 Å². The third kappa shape index (κ3) is 4.15. The molecule has 0 aliphatic carbocycles. The van der Waals surface area contributed by atoms with Crippen LogP contribution in [0.4, 0.5) is 13.2 Å². The molecule has 4 nitrogen and oxygen atoms in total. The Morgan fingerprint density at radius 1 is 1.06 bits per heavy atom. The molecule has 0 fully saturated rings. The molecular formula is C11H11F3O4. The maximum absolute atomic E-state index is 11.9. The summed E-state index contributed by atoms with van der Waals surface area (Å²) in [5, 5.41) is 8.81. The first-order chi connectivity index (χ1) is 8.10. The summed E-state index contributed by atoms with van der Waals surface area (Å²) in [6.07, 6.45) is -4.76. The minimum absolute atomic E-state index is 0.136. The smallest absolute Gasteiger partial charge is 0.478 e. The molecule has 0 heterocycles. The van der Waals surface area contributed by atoms with Crippen molar-refractivity contribution in [1.82, 2.24) is 0 Å². The zero-order chi connectivity index (χ0) is 14.0. The van der Waals surface area contributed by atoms with Crippen molar-refractivity contribution in [3.63, 3.8) is 0 Å². The largest absolute Gasteiger partial charge is 0.573 e. The summed E-state index contributed by atoms with van der Waals surface area (Å²) >= 11 is 0. The average Bonchev–Trinajstić information content (AvgIpc) is 2.18. The van der Waals surface area contributed by atoms with Crippen LogP contribution >= 0.6 is 0 Å². The number of hydrogen-bond acceptors (Lipinski definition) is 3. The van der Waals surface area contributed by atoms with E-state index < -0.39 is 23.7 Å². The first kappa shape index (κ1) is 14.1. The predicted molar refractivity (Wildman–Crippen MR) is 55.5 cm³/mol. The van der Waals surface area contributed by atoms with E-state index in [1.807, 2.05) is 0 Å². The van der Waals surface area contributed by atoms with Crippen molar-refractivity contribution in [3.8, 4) is 11.5 Å². The number of benzene rings is 1. The predicted octanol–water partition coefficient (Wildman–Crippen LogP) is 2.83. The van der Waals surface area contributed by atoms with Gasteiger partial charge in [0.15, 0.2) is 5.60 Å². The van der Waals surface area contributed by atoms with Crippen LogP contribution in [0.15, 0.2) is 24.3 Å². The van der Waals surface area contributed by atoms with Gasteiger partial charge in [0.1, 0.15) is 11.5 Å². The number of alkyl halides is 3. The molecule has 0 saturated carbocycles. The number of rotatable bonds is 4. The summed E-state index contributed by atoms with van der Waals surface area (Å²) in [6.45, 7) is 2.66. The first-order valence-electron chi connectivity index (χ1n) is 4.88. The Kier molecular flexibility index (Phi) is 3.73. The summed E-state index contributed by atoms with van der Waals surface area (Å²) in [6, 6.07) is 4.49. The number of carboxylic acids is 1. The van der Waals surface area contributed by atoms with Gasteiger partial charge in [-0.2, -0.15) is 0 Å². The van der Waals surface area contributed by atoms with Crippen LogP contribution in [0.25, 0.3) is 0 Å². The summed E-state index contributed by atoms with van der Waals surface area (Å²) < 4.78 is 44.4. The second kappa shape index (κ2) is 4.75. The Hall–Kier alpha value is -1.92. The maximum Gasteiger partial charge on any atom is 0.573 e. The molecule has 0 radical (unpaired) electrons. The van der Waals surface area contributed by atoms with Crippen LogP contribution in [-0.4, -0.2) is 23.0 Å². The summed E-state index contributed by atoms with van der Waals surface area (Å²) in [5.74, 6) is -1.45. The quantitative estimate of drug-likeness (QED) is 0.908. The van der Waals surface area contributed by atoms with Crippen LogP contribution in [-0.2, 0) is 4.79 Å². The Morgan fingerprint density at radius 3 is 1.78 bits per heavy atom. The molecule has 1 aromatic carbocycles. The fourth-order valence-corrected chi connectivity index (χ4v) is 1.05. The molecular weight excluding hydrogens is 253 g/mol. The normalized spacial score (nSPS) is 12.1. The van der Waals surface area contributed by atoms with E-state index in [1.165, 1.54) is 26.0 Å². The van der Waals surface area contributed by atoms with E-state index in [0.717, 1.165) is 12.1 Å². The molecule has 0 aromatic heterocycles. The standard InChI is InChI=1S/C11H11F3O4/c1-10(2,9(15)16)17-7-3-5-8(6-4-7)18-11(12,13)14/h3-6H,1-2H3,(H,15,16). The highest BCUT2D eigenvalue weighted by Crippen LogP contribution is 2.26. The van der Waals surface area contributed by atoms with Gasteiger partial charge in [0.2, 0.25) is 0 Å². The monoisotopic (exact) mass is 264 g/mol. The summed E-state index contributed by atoms with van der Waals surface area (Å²) in [4.78, 5) is 10.8. The van der Waals surface area contributed by atoms with Gasteiger partial charge in [-0.25, -0.2) is 4.79 Å². The van der Waals surface area contributed by atoms with E-state index in [-0.39, 0.29) is 5.75 Å². The molecule has 100 valence electrons. The van der Waals surface area contributed by atoms with Crippen molar-refractivity contribution in [3.05, 3.63) is 24.3 Å². The lowest BCUT2D eigenvalue weighted by atomic mass is 10.1. The highest BCUT2D eigenvalue weighted by atomic mass is 19.4. The number of ether oxygens (including phenoxy) is 2. The van der Waals surface area contributed by atoms with Gasteiger partial charge in [-0.1, -0.05) is 0 Å². The molecule has 0 aliphatic heterocycles. The van der Waals surface area contributed by atoms with Crippen LogP contribution in [0.1, 0.15) is 13.8 Å². The number of carboxylic acid groups (broad SMARTS) is 1. The molecule has 0 spiro atoms. The molecule has 0 atom stereocenters. The minimum atomic E-state index is -4.76. The van der Waals surface area contributed by atoms with Gasteiger partial charge < -0.3 is 14.6 Å². The number of carbonyl (C=O) groups is 1. The SMILES string of the molecule is CC(C)(Oc1ccc(OC(F)(F)F)cc1)C(=O)O. The lowest BCUT2D eigenvalue weighted by Gasteiger charge is -2.21. The second-order valence-electron chi connectivity index (χ2n) is 3.94. The van der Waals surface area contributed by atoms with E-state index in [2.05, 4.69) is 4.74 Å². The third-order valence-corrected chi connectivity index (χ3v) is 1.95. The molecule has 18 heavy (non-hydrogen) atoms. The number of halogens is 3. The second-order valence-corrected chi connectivity index (χ2v) is 3.94. The van der Waals surface area contributed by atoms with E-state index in [9.17, 15) is 18.0 Å². The molecule has 0 aliphatic rings. The minimum Gasteiger partial charge on any atom is -0.478 e. The van der Waals surface area contributed by atoms with E-state index in [0.29, 0.717) is 0 Å². The van der Waals surface area contributed by atoms with Crippen LogP contribution < -0.4 is 9.47 Å². The fraction of sp³-hybridized carbons (Fsp3) is 0.364. The van der Waals surface area contributed by atoms with Crippen molar-refractivity contribution in [1.29, 1.82) is 0 Å². The lowest BCUT2D eigenvalue weighted by Crippen LogP contribution is -2.37. The van der Waals surface area contributed by atoms with Gasteiger partial charge >= 0.3 is 12.3 Å². The molecule has 1 N–H and O–H groups in total. The van der Waals surface area contributed by atoms with Crippen molar-refractivity contribution in [2.75, 3.05) is 0 Å². The fourth-order valence-electron chi connectivity index (χ4n) is 1.05. The Labute approximate surface area is 101 Å². The molecule has 0 unspecified atom stereocenters. The van der Waals surface area contributed by atoms with Crippen LogP contribution in [0.3, 0.4) is 0 Å². The highest BCUT2D eigenvalue weighted by Gasteiger charge is 2.31. The lowest BCUT2D eigenvalue weighted by molar-refractivity contribution is -0.274. The van der Waals surface area contributed by atoms with Crippen molar-refractivity contribution >= 4 is 5.97 Å². The Morgan fingerprint density at radius 2 is 1.44 bits per heavy atom. The summed E-state index contributed by atoms with van der Waals surface area (Å²) in [7, 11) is 0. The van der Waals surface area contributed by atoms with Gasteiger partial charge in [0.25, 0.3) is 0 Å². The maximum atomic E-state index is 11.9. The zero-order valence-corrected chi connectivity index (χ0v) is 9.62. The number of aliphatic carboxylic acids is 1. The van der Waals surface area contributed by atoms with Crippen LogP contribution in [0.2, 0.25) is 0 Å². The highest BCUT2D eigenvalue weighted by molar-refractivity contribution is 5.76. The van der Waals surface area contributed by atoms with Gasteiger partial charge in [-0.05, 0) is 38.1 Å². The van der Waals surface area contributed by atoms with Crippen molar-refractivity contribution in [2.24, 2.45) is 0 Å². The van der Waals surface area contributed by atoms with Crippen molar-refractivity contribution in [2.45, 2.75) is 25.8 Å². The molecule has 0 bridgehead atoms. The number of hydrogen-bond donors (Lipinski definition) is 1. The van der Waals surface area contributed by atoms with Crippen LogP contribution in [0.5, 0.6) is 11.5 Å². The first-order valence-corrected chi connectivity index (χ1v) is 4.88. The zero-order valence-electron chi connectivity index (χ0n) is 9.62. The van der Waals surface area contributed by atoms with Gasteiger partial charge in [0.05, 0.1) is 0 Å². The van der Waals surface area contributed by atoms with Crippen LogP contribution in [0, 0.1) is 0 Å².